The Morgan fingerprint density at radius 2 is 1.93 bits per heavy atom. The number of carbonyl (C=O) groups is 1. The summed E-state index contributed by atoms with van der Waals surface area (Å²) in [4.78, 5) is 18.8. The maximum absolute atomic E-state index is 12.0. The molecule has 0 aliphatic carbocycles. The number of pyridine rings is 1. The van der Waals surface area contributed by atoms with Crippen molar-refractivity contribution in [1.82, 2.24) is 9.88 Å². The molecule has 0 radical (unpaired) electrons. The minimum absolute atomic E-state index is 0.0705. The number of likely N-dealkylation sites (tertiary alicyclic amines) is 1. The lowest BCUT2D eigenvalue weighted by Gasteiger charge is -2.32. The van der Waals surface area contributed by atoms with E-state index >= 15 is 0 Å². The van der Waals surface area contributed by atoms with Crippen LogP contribution in [0.3, 0.4) is 0 Å². The number of nitrogens with zero attached hydrogens (tertiary/aromatic N) is 2. The first kappa shape index (κ1) is 21.7. The van der Waals surface area contributed by atoms with Crippen LogP contribution in [0.15, 0.2) is 18.5 Å². The fourth-order valence-electron chi connectivity index (χ4n) is 3.13. The van der Waals surface area contributed by atoms with Gasteiger partial charge in [-0.1, -0.05) is 25.6 Å². The normalized spacial score (nSPS) is 16.5. The molecule has 2 heterocycles. The summed E-state index contributed by atoms with van der Waals surface area (Å²) in [6.45, 7) is 15.4. The maximum Gasteiger partial charge on any atom is 0.306 e. The molecule has 0 spiro atoms. The first-order chi connectivity index (χ1) is 12.5. The van der Waals surface area contributed by atoms with Gasteiger partial charge in [-0.15, -0.1) is 5.54 Å². The lowest BCUT2D eigenvalue weighted by atomic mass is 9.93. The summed E-state index contributed by atoms with van der Waals surface area (Å²) in [5.41, 5.74) is 5.23. The van der Waals surface area contributed by atoms with Gasteiger partial charge in [-0.3, -0.25) is 14.7 Å². The van der Waals surface area contributed by atoms with E-state index in [0.29, 0.717) is 12.3 Å². The highest BCUT2D eigenvalue weighted by molar-refractivity contribution is 6.83. The average Bonchev–Trinajstić information content (AvgIpc) is 2.53. The summed E-state index contributed by atoms with van der Waals surface area (Å²) in [5.74, 6) is 3.65. The summed E-state index contributed by atoms with van der Waals surface area (Å²) < 4.78 is 5.45. The SMILES string of the molecule is CC(C)(C)OC(=O)CC1CCN(Cc2cncc(C#C[Si](C)(C)C)c2)CC1. The van der Waals surface area contributed by atoms with Gasteiger partial charge in [-0.2, -0.15) is 0 Å². The molecule has 1 aromatic rings. The molecule has 0 saturated carbocycles. The van der Waals surface area contributed by atoms with E-state index in [1.807, 2.05) is 33.2 Å². The van der Waals surface area contributed by atoms with Crippen LogP contribution in [0.4, 0.5) is 0 Å². The topological polar surface area (TPSA) is 42.4 Å². The highest BCUT2D eigenvalue weighted by atomic mass is 28.3. The molecule has 1 aliphatic rings. The molecule has 0 aromatic carbocycles. The van der Waals surface area contributed by atoms with Crippen LogP contribution in [0.5, 0.6) is 0 Å². The van der Waals surface area contributed by atoms with Gasteiger partial charge in [-0.05, 0) is 64.3 Å². The Morgan fingerprint density at radius 3 is 2.52 bits per heavy atom. The Morgan fingerprint density at radius 1 is 1.26 bits per heavy atom. The third-order valence-corrected chi connectivity index (χ3v) is 5.24. The average molecular weight is 387 g/mol. The molecule has 0 amide bonds. The van der Waals surface area contributed by atoms with Crippen molar-refractivity contribution in [2.24, 2.45) is 5.92 Å². The number of carbonyl (C=O) groups excluding carboxylic acids is 1. The largest absolute Gasteiger partial charge is 0.460 e. The minimum Gasteiger partial charge on any atom is -0.460 e. The van der Waals surface area contributed by atoms with Crippen molar-refractivity contribution < 1.29 is 9.53 Å². The van der Waals surface area contributed by atoms with Crippen LogP contribution in [0, 0.1) is 17.4 Å². The van der Waals surface area contributed by atoms with Gasteiger partial charge in [0.1, 0.15) is 13.7 Å². The zero-order valence-corrected chi connectivity index (χ0v) is 18.8. The zero-order chi connectivity index (χ0) is 20.1. The second-order valence-corrected chi connectivity index (χ2v) is 14.3. The monoisotopic (exact) mass is 386 g/mol. The van der Waals surface area contributed by atoms with Crippen LogP contribution in [-0.2, 0) is 16.1 Å². The first-order valence-electron chi connectivity index (χ1n) is 9.91. The molecular formula is C22H34N2O2Si. The molecule has 2 rings (SSSR count). The van der Waals surface area contributed by atoms with Gasteiger partial charge >= 0.3 is 5.97 Å². The fraction of sp³-hybridized carbons (Fsp3) is 0.636. The number of rotatable bonds is 4. The minimum atomic E-state index is -1.37. The van der Waals surface area contributed by atoms with Gasteiger partial charge < -0.3 is 4.74 Å². The number of aromatic nitrogens is 1. The van der Waals surface area contributed by atoms with Gasteiger partial charge in [0.05, 0.1) is 0 Å². The highest BCUT2D eigenvalue weighted by Crippen LogP contribution is 2.23. The van der Waals surface area contributed by atoms with Crippen LogP contribution in [-0.4, -0.2) is 42.6 Å². The quantitative estimate of drug-likeness (QED) is 0.441. The molecular weight excluding hydrogens is 352 g/mol. The van der Waals surface area contributed by atoms with Crippen molar-refractivity contribution in [2.45, 2.75) is 71.8 Å². The zero-order valence-electron chi connectivity index (χ0n) is 17.8. The van der Waals surface area contributed by atoms with E-state index in [0.717, 1.165) is 38.0 Å². The third kappa shape index (κ3) is 8.72. The molecule has 1 aromatic heterocycles. The molecule has 0 bridgehead atoms. The van der Waals surface area contributed by atoms with Crippen LogP contribution < -0.4 is 0 Å². The summed E-state index contributed by atoms with van der Waals surface area (Å²) in [5, 5.41) is 0. The molecule has 27 heavy (non-hydrogen) atoms. The van der Waals surface area contributed by atoms with E-state index < -0.39 is 13.7 Å². The van der Waals surface area contributed by atoms with E-state index in [1.165, 1.54) is 5.56 Å². The Bertz CT molecular complexity index is 699. The smallest absolute Gasteiger partial charge is 0.306 e. The Kier molecular flexibility index (Phi) is 7.24. The van der Waals surface area contributed by atoms with E-state index in [1.54, 1.807) is 0 Å². The van der Waals surface area contributed by atoms with E-state index in [2.05, 4.69) is 47.1 Å². The van der Waals surface area contributed by atoms with Crippen LogP contribution >= 0.6 is 0 Å². The number of piperidine rings is 1. The van der Waals surface area contributed by atoms with Crippen LogP contribution in [0.25, 0.3) is 0 Å². The highest BCUT2D eigenvalue weighted by Gasteiger charge is 2.24. The first-order valence-corrected chi connectivity index (χ1v) is 13.4. The molecule has 0 unspecified atom stereocenters. The van der Waals surface area contributed by atoms with Crippen molar-refractivity contribution in [3.05, 3.63) is 29.6 Å². The Labute approximate surface area is 165 Å². The van der Waals surface area contributed by atoms with Crippen LogP contribution in [0.2, 0.25) is 19.6 Å². The second kappa shape index (κ2) is 9.03. The molecule has 1 aliphatic heterocycles. The molecule has 1 fully saturated rings. The predicted octanol–water partition coefficient (Wildman–Crippen LogP) is 4.25. The van der Waals surface area contributed by atoms with Gasteiger partial charge in [0.2, 0.25) is 0 Å². The second-order valence-electron chi connectivity index (χ2n) is 9.59. The van der Waals surface area contributed by atoms with E-state index in [9.17, 15) is 4.79 Å². The standard InChI is InChI=1S/C22H34N2O2Si/c1-22(2,3)26-21(25)14-18-7-10-24(11-8-18)17-20-13-19(15-23-16-20)9-12-27(4,5)6/h13,15-16,18H,7-8,10-11,14,17H2,1-6H3. The Balaban J connectivity index is 1.83. The van der Waals surface area contributed by atoms with Gasteiger partial charge in [-0.25, -0.2) is 0 Å². The lowest BCUT2D eigenvalue weighted by molar-refractivity contribution is -0.156. The lowest BCUT2D eigenvalue weighted by Crippen LogP contribution is -2.34. The third-order valence-electron chi connectivity index (χ3n) is 4.37. The summed E-state index contributed by atoms with van der Waals surface area (Å²) >= 11 is 0. The summed E-state index contributed by atoms with van der Waals surface area (Å²) in [7, 11) is -1.37. The molecule has 1 saturated heterocycles. The number of esters is 1. The van der Waals surface area contributed by atoms with Crippen molar-refractivity contribution in [3.8, 4) is 11.5 Å². The molecule has 0 N–H and O–H groups in total. The van der Waals surface area contributed by atoms with Crippen molar-refractivity contribution >= 4 is 14.0 Å². The van der Waals surface area contributed by atoms with Gasteiger partial charge in [0, 0.05) is 30.9 Å². The molecule has 5 heteroatoms. The number of ether oxygens (including phenoxy) is 1. The van der Waals surface area contributed by atoms with Crippen molar-refractivity contribution in [3.63, 3.8) is 0 Å². The van der Waals surface area contributed by atoms with Crippen LogP contribution in [0.1, 0.15) is 51.2 Å². The maximum atomic E-state index is 12.0. The van der Waals surface area contributed by atoms with Gasteiger partial charge in [0.25, 0.3) is 0 Å². The summed E-state index contributed by atoms with van der Waals surface area (Å²) in [6, 6.07) is 2.16. The molecule has 4 nitrogen and oxygen atoms in total. The number of hydrogen-bond acceptors (Lipinski definition) is 4. The Hall–Kier alpha value is -1.64. The summed E-state index contributed by atoms with van der Waals surface area (Å²) in [6.07, 6.45) is 6.41. The van der Waals surface area contributed by atoms with E-state index in [4.69, 9.17) is 4.74 Å². The van der Waals surface area contributed by atoms with Crippen molar-refractivity contribution in [2.75, 3.05) is 13.1 Å². The number of hydrogen-bond donors (Lipinski definition) is 0. The van der Waals surface area contributed by atoms with Crippen molar-refractivity contribution in [1.29, 1.82) is 0 Å². The molecule has 0 atom stereocenters. The van der Waals surface area contributed by atoms with Gasteiger partial charge in [0.15, 0.2) is 0 Å². The molecule has 148 valence electrons. The van der Waals surface area contributed by atoms with E-state index in [-0.39, 0.29) is 5.97 Å². The predicted molar refractivity (Wildman–Crippen MR) is 113 cm³/mol. The fourth-order valence-corrected chi connectivity index (χ4v) is 3.65.